The molecule has 0 aliphatic heterocycles. The Morgan fingerprint density at radius 3 is 2.21 bits per heavy atom. The van der Waals surface area contributed by atoms with Crippen LogP contribution in [-0.4, -0.2) is 32.4 Å². The van der Waals surface area contributed by atoms with Crippen molar-refractivity contribution in [3.05, 3.63) is 58.4 Å². The number of benzene rings is 2. The molecule has 28 heavy (non-hydrogen) atoms. The molecule has 3 rings (SSSR count). The van der Waals surface area contributed by atoms with Crippen LogP contribution in [0.2, 0.25) is 0 Å². The molecule has 0 saturated heterocycles. The van der Waals surface area contributed by atoms with Gasteiger partial charge in [0, 0.05) is 12.1 Å². The number of ether oxygens (including phenoxy) is 3. The molecule has 2 aromatic rings. The normalized spacial score (nSPS) is 14.2. The number of rotatable bonds is 6. The lowest BCUT2D eigenvalue weighted by Gasteiger charge is -2.14. The van der Waals surface area contributed by atoms with E-state index in [1.807, 2.05) is 13.0 Å². The van der Waals surface area contributed by atoms with Crippen LogP contribution in [0, 0.1) is 5.82 Å². The number of halogens is 1. The average molecular weight is 384 g/mol. The SMILES string of the molecule is COc1cc(OC)c(C=C2C(C)=C(CC(=O)O)c3cc(F)ccc32)c(OC)c1. The van der Waals surface area contributed by atoms with Gasteiger partial charge in [0.2, 0.25) is 0 Å². The van der Waals surface area contributed by atoms with E-state index in [1.165, 1.54) is 12.1 Å². The second kappa shape index (κ2) is 7.76. The van der Waals surface area contributed by atoms with Crippen LogP contribution in [0.3, 0.4) is 0 Å². The molecule has 2 aromatic carbocycles. The summed E-state index contributed by atoms with van der Waals surface area (Å²) < 4.78 is 30.1. The largest absolute Gasteiger partial charge is 0.496 e. The highest BCUT2D eigenvalue weighted by atomic mass is 19.1. The van der Waals surface area contributed by atoms with Crippen LogP contribution in [0.4, 0.5) is 4.39 Å². The molecule has 0 fully saturated rings. The second-order valence-electron chi connectivity index (χ2n) is 6.37. The second-order valence-corrected chi connectivity index (χ2v) is 6.37. The molecule has 1 aliphatic carbocycles. The smallest absolute Gasteiger partial charge is 0.307 e. The Hall–Kier alpha value is -3.28. The standard InChI is InChI=1S/C22H21FO5/c1-12-16(10-19-20(27-3)8-14(26-2)9-21(19)28-4)15-6-5-13(23)7-18(15)17(12)11-22(24)25/h5-10H,11H2,1-4H3,(H,24,25). The molecular weight excluding hydrogens is 363 g/mol. The van der Waals surface area contributed by atoms with E-state index < -0.39 is 11.8 Å². The summed E-state index contributed by atoms with van der Waals surface area (Å²) in [6.07, 6.45) is 1.69. The van der Waals surface area contributed by atoms with Crippen LogP contribution in [0.25, 0.3) is 17.2 Å². The summed E-state index contributed by atoms with van der Waals surface area (Å²) in [5.41, 5.74) is 4.23. The topological polar surface area (TPSA) is 65.0 Å². The quantitative estimate of drug-likeness (QED) is 0.785. The number of fused-ring (bicyclic) bond motifs is 1. The van der Waals surface area contributed by atoms with Gasteiger partial charge >= 0.3 is 5.97 Å². The third-order valence-corrected chi connectivity index (χ3v) is 4.82. The van der Waals surface area contributed by atoms with Crippen molar-refractivity contribution in [2.24, 2.45) is 0 Å². The summed E-state index contributed by atoms with van der Waals surface area (Å²) in [4.78, 5) is 11.3. The summed E-state index contributed by atoms with van der Waals surface area (Å²) in [7, 11) is 4.65. The molecule has 146 valence electrons. The Balaban J connectivity index is 2.25. The van der Waals surface area contributed by atoms with Crippen molar-refractivity contribution in [2.75, 3.05) is 21.3 Å². The molecule has 0 bridgehead atoms. The van der Waals surface area contributed by atoms with Crippen LogP contribution in [0.5, 0.6) is 17.2 Å². The summed E-state index contributed by atoms with van der Waals surface area (Å²) in [6.45, 7) is 1.84. The van der Waals surface area contributed by atoms with Crippen molar-refractivity contribution in [1.82, 2.24) is 0 Å². The van der Waals surface area contributed by atoms with Crippen molar-refractivity contribution in [1.29, 1.82) is 0 Å². The lowest BCUT2D eigenvalue weighted by molar-refractivity contribution is -0.135. The fourth-order valence-corrected chi connectivity index (χ4v) is 3.45. The van der Waals surface area contributed by atoms with Crippen molar-refractivity contribution >= 4 is 23.2 Å². The van der Waals surface area contributed by atoms with E-state index in [1.54, 1.807) is 39.5 Å². The molecule has 0 aromatic heterocycles. The van der Waals surface area contributed by atoms with Gasteiger partial charge in [-0.15, -0.1) is 0 Å². The zero-order valence-corrected chi connectivity index (χ0v) is 16.1. The van der Waals surface area contributed by atoms with Gasteiger partial charge in [-0.3, -0.25) is 4.79 Å². The van der Waals surface area contributed by atoms with Gasteiger partial charge in [-0.2, -0.15) is 0 Å². The molecule has 0 unspecified atom stereocenters. The van der Waals surface area contributed by atoms with Gasteiger partial charge < -0.3 is 19.3 Å². The minimum absolute atomic E-state index is 0.184. The van der Waals surface area contributed by atoms with Crippen LogP contribution in [0.1, 0.15) is 30.0 Å². The zero-order valence-electron chi connectivity index (χ0n) is 16.1. The number of hydrogen-bond donors (Lipinski definition) is 1. The number of carboxylic acid groups (broad SMARTS) is 1. The van der Waals surface area contributed by atoms with E-state index in [0.29, 0.717) is 33.9 Å². The maximum absolute atomic E-state index is 13.8. The molecule has 6 heteroatoms. The highest BCUT2D eigenvalue weighted by Crippen LogP contribution is 2.46. The Kier molecular flexibility index (Phi) is 5.40. The first kappa shape index (κ1) is 19.5. The number of methoxy groups -OCH3 is 3. The molecule has 0 heterocycles. The Morgan fingerprint density at radius 2 is 1.68 bits per heavy atom. The van der Waals surface area contributed by atoms with E-state index in [0.717, 1.165) is 16.7 Å². The first-order valence-electron chi connectivity index (χ1n) is 8.63. The van der Waals surface area contributed by atoms with Gasteiger partial charge in [0.05, 0.1) is 33.3 Å². The van der Waals surface area contributed by atoms with Crippen molar-refractivity contribution in [2.45, 2.75) is 13.3 Å². The predicted octanol–water partition coefficient (Wildman–Crippen LogP) is 4.65. The van der Waals surface area contributed by atoms with Crippen LogP contribution in [0.15, 0.2) is 35.9 Å². The number of hydrogen-bond acceptors (Lipinski definition) is 4. The van der Waals surface area contributed by atoms with E-state index in [-0.39, 0.29) is 6.42 Å². The number of aliphatic carboxylic acids is 1. The number of carboxylic acids is 1. The lowest BCUT2D eigenvalue weighted by Crippen LogP contribution is -1.97. The first-order chi connectivity index (χ1) is 13.4. The predicted molar refractivity (Wildman–Crippen MR) is 105 cm³/mol. The first-order valence-corrected chi connectivity index (χ1v) is 8.63. The molecule has 0 amide bonds. The summed E-state index contributed by atoms with van der Waals surface area (Å²) >= 11 is 0. The maximum Gasteiger partial charge on any atom is 0.307 e. The lowest BCUT2D eigenvalue weighted by atomic mass is 9.99. The van der Waals surface area contributed by atoms with Gasteiger partial charge in [0.1, 0.15) is 23.1 Å². The van der Waals surface area contributed by atoms with Crippen molar-refractivity contribution in [3.8, 4) is 17.2 Å². The minimum Gasteiger partial charge on any atom is -0.496 e. The summed E-state index contributed by atoms with van der Waals surface area (Å²) in [5, 5.41) is 9.28. The van der Waals surface area contributed by atoms with Gasteiger partial charge in [-0.1, -0.05) is 6.07 Å². The van der Waals surface area contributed by atoms with Crippen molar-refractivity contribution < 1.29 is 28.5 Å². The minimum atomic E-state index is -0.967. The third kappa shape index (κ3) is 3.45. The molecule has 0 atom stereocenters. The van der Waals surface area contributed by atoms with Gasteiger partial charge in [0.15, 0.2) is 0 Å². The molecule has 1 aliphatic rings. The fourth-order valence-electron chi connectivity index (χ4n) is 3.45. The van der Waals surface area contributed by atoms with Gasteiger partial charge in [-0.05, 0) is 53.0 Å². The third-order valence-electron chi connectivity index (χ3n) is 4.82. The maximum atomic E-state index is 13.8. The molecule has 0 radical (unpaired) electrons. The Morgan fingerprint density at radius 1 is 1.04 bits per heavy atom. The van der Waals surface area contributed by atoms with Crippen LogP contribution >= 0.6 is 0 Å². The van der Waals surface area contributed by atoms with E-state index in [4.69, 9.17) is 14.2 Å². The summed E-state index contributed by atoms with van der Waals surface area (Å²) in [5.74, 6) is 0.308. The molecule has 1 N–H and O–H groups in total. The van der Waals surface area contributed by atoms with Crippen LogP contribution < -0.4 is 14.2 Å². The summed E-state index contributed by atoms with van der Waals surface area (Å²) in [6, 6.07) is 7.89. The molecule has 0 saturated carbocycles. The Bertz CT molecular complexity index is 979. The van der Waals surface area contributed by atoms with Gasteiger partial charge in [-0.25, -0.2) is 4.39 Å². The number of carbonyl (C=O) groups is 1. The Labute approximate surface area is 162 Å². The van der Waals surface area contributed by atoms with E-state index in [9.17, 15) is 14.3 Å². The molecular formula is C22H21FO5. The monoisotopic (exact) mass is 384 g/mol. The van der Waals surface area contributed by atoms with E-state index in [2.05, 4.69) is 0 Å². The van der Waals surface area contributed by atoms with Gasteiger partial charge in [0.25, 0.3) is 0 Å². The molecule has 0 spiro atoms. The van der Waals surface area contributed by atoms with Crippen molar-refractivity contribution in [3.63, 3.8) is 0 Å². The molecule has 5 nitrogen and oxygen atoms in total. The fraction of sp³-hybridized carbons (Fsp3) is 0.227. The highest BCUT2D eigenvalue weighted by molar-refractivity contribution is 6.08. The highest BCUT2D eigenvalue weighted by Gasteiger charge is 2.26. The van der Waals surface area contributed by atoms with E-state index >= 15 is 0 Å². The average Bonchev–Trinajstić information content (AvgIpc) is 2.92. The van der Waals surface area contributed by atoms with Crippen LogP contribution in [-0.2, 0) is 4.79 Å². The number of allylic oxidation sites excluding steroid dienone is 2. The zero-order chi connectivity index (χ0) is 20.4.